The maximum absolute atomic E-state index is 12.9. The van der Waals surface area contributed by atoms with E-state index < -0.39 is 22.4 Å². The largest absolute Gasteiger partial charge is 0.416 e. The van der Waals surface area contributed by atoms with Crippen LogP contribution in [0.15, 0.2) is 30.5 Å². The fourth-order valence-corrected chi connectivity index (χ4v) is 3.96. The summed E-state index contributed by atoms with van der Waals surface area (Å²) in [6.07, 6.45) is -2.81. The number of benzene rings is 1. The van der Waals surface area contributed by atoms with Crippen LogP contribution in [-0.2, 0) is 19.8 Å². The number of hydrogen-bond donors (Lipinski definition) is 0. The Hall–Kier alpha value is -3.21. The molecule has 0 bridgehead atoms. The number of nitro groups is 1. The second-order valence-corrected chi connectivity index (χ2v) is 7.65. The highest BCUT2D eigenvalue weighted by atomic mass is 19.4. The SMILES string of the molecule is Cc1nn(C)c2ncc(CN3CCN(c4ccc(C(F)(F)F)cc4[N+](=O)[O-])CC3)cc12. The number of nitrogens with zero attached hydrogens (tertiary/aromatic N) is 6. The molecule has 1 aliphatic rings. The number of anilines is 1. The lowest BCUT2D eigenvalue weighted by atomic mass is 10.1. The van der Waals surface area contributed by atoms with Crippen LogP contribution in [-0.4, -0.2) is 50.8 Å². The first-order chi connectivity index (χ1) is 14.6. The second-order valence-electron chi connectivity index (χ2n) is 7.65. The van der Waals surface area contributed by atoms with Gasteiger partial charge in [-0.25, -0.2) is 4.98 Å². The Morgan fingerprint density at radius 3 is 2.52 bits per heavy atom. The van der Waals surface area contributed by atoms with Crippen LogP contribution in [0.4, 0.5) is 24.5 Å². The van der Waals surface area contributed by atoms with Crippen molar-refractivity contribution in [3.05, 3.63) is 57.4 Å². The van der Waals surface area contributed by atoms with E-state index in [0.717, 1.165) is 28.4 Å². The summed E-state index contributed by atoms with van der Waals surface area (Å²) in [5.41, 5.74) is 1.44. The fraction of sp³-hybridized carbons (Fsp3) is 0.400. The Morgan fingerprint density at radius 1 is 1.16 bits per heavy atom. The molecular formula is C20H21F3N6O2. The first kappa shape index (κ1) is 21.0. The molecule has 3 heterocycles. The Labute approximate surface area is 176 Å². The molecule has 1 aliphatic heterocycles. The summed E-state index contributed by atoms with van der Waals surface area (Å²) in [6, 6.07) is 4.77. The zero-order valence-electron chi connectivity index (χ0n) is 17.1. The maximum Gasteiger partial charge on any atom is 0.416 e. The number of aromatic nitrogens is 3. The normalized spacial score (nSPS) is 15.6. The van der Waals surface area contributed by atoms with Gasteiger partial charge in [-0.05, 0) is 30.7 Å². The standard InChI is InChI=1S/C20H21F3N6O2/c1-13-16-9-14(11-24-19(16)26(2)25-13)12-27-5-7-28(8-6-27)17-4-3-15(20(21,22)23)10-18(17)29(30)31/h3-4,9-11H,5-8,12H2,1-2H3. The number of piperazine rings is 1. The molecule has 0 amide bonds. The summed E-state index contributed by atoms with van der Waals surface area (Å²) in [5.74, 6) is 0. The highest BCUT2D eigenvalue weighted by Gasteiger charge is 2.34. The Morgan fingerprint density at radius 2 is 1.87 bits per heavy atom. The van der Waals surface area contributed by atoms with Crippen LogP contribution < -0.4 is 4.90 Å². The Balaban J connectivity index is 1.46. The van der Waals surface area contributed by atoms with Crippen molar-refractivity contribution in [1.29, 1.82) is 0 Å². The number of alkyl halides is 3. The molecule has 3 aromatic rings. The Kier molecular flexibility index (Phi) is 5.29. The smallest absolute Gasteiger partial charge is 0.363 e. The van der Waals surface area contributed by atoms with Crippen molar-refractivity contribution in [2.24, 2.45) is 7.05 Å². The summed E-state index contributed by atoms with van der Waals surface area (Å²) < 4.78 is 40.5. The van der Waals surface area contributed by atoms with Crippen molar-refractivity contribution in [2.45, 2.75) is 19.6 Å². The average molecular weight is 434 g/mol. The van der Waals surface area contributed by atoms with E-state index in [2.05, 4.69) is 21.0 Å². The minimum Gasteiger partial charge on any atom is -0.363 e. The summed E-state index contributed by atoms with van der Waals surface area (Å²) in [7, 11) is 1.85. The lowest BCUT2D eigenvalue weighted by Gasteiger charge is -2.35. The van der Waals surface area contributed by atoms with Crippen molar-refractivity contribution < 1.29 is 18.1 Å². The van der Waals surface area contributed by atoms with Crippen molar-refractivity contribution in [1.82, 2.24) is 19.7 Å². The van der Waals surface area contributed by atoms with Gasteiger partial charge in [0.25, 0.3) is 5.69 Å². The molecule has 2 aromatic heterocycles. The van der Waals surface area contributed by atoms with Crippen LogP contribution in [0.2, 0.25) is 0 Å². The van der Waals surface area contributed by atoms with Gasteiger partial charge in [0, 0.05) is 57.4 Å². The van der Waals surface area contributed by atoms with Crippen molar-refractivity contribution in [3.63, 3.8) is 0 Å². The van der Waals surface area contributed by atoms with Gasteiger partial charge < -0.3 is 4.90 Å². The fourth-order valence-electron chi connectivity index (χ4n) is 3.96. The molecule has 1 saturated heterocycles. The predicted molar refractivity (Wildman–Crippen MR) is 109 cm³/mol. The van der Waals surface area contributed by atoms with E-state index in [9.17, 15) is 23.3 Å². The van der Waals surface area contributed by atoms with Crippen LogP contribution in [0.5, 0.6) is 0 Å². The van der Waals surface area contributed by atoms with E-state index in [-0.39, 0.29) is 5.69 Å². The molecule has 4 rings (SSSR count). The lowest BCUT2D eigenvalue weighted by Crippen LogP contribution is -2.46. The molecule has 0 atom stereocenters. The van der Waals surface area contributed by atoms with Gasteiger partial charge in [0.1, 0.15) is 5.69 Å². The number of aryl methyl sites for hydroxylation is 2. The summed E-state index contributed by atoms with van der Waals surface area (Å²) in [5, 5.41) is 16.7. The third kappa shape index (κ3) is 4.18. The number of nitro benzene ring substituents is 1. The third-order valence-corrected chi connectivity index (χ3v) is 5.54. The van der Waals surface area contributed by atoms with Gasteiger partial charge in [-0.2, -0.15) is 18.3 Å². The quantitative estimate of drug-likeness (QED) is 0.462. The molecule has 0 N–H and O–H groups in total. The number of pyridine rings is 1. The van der Waals surface area contributed by atoms with Gasteiger partial charge >= 0.3 is 6.18 Å². The maximum atomic E-state index is 12.9. The van der Waals surface area contributed by atoms with Crippen molar-refractivity contribution >= 4 is 22.4 Å². The van der Waals surface area contributed by atoms with Crippen LogP contribution in [0.1, 0.15) is 16.8 Å². The van der Waals surface area contributed by atoms with E-state index in [0.29, 0.717) is 38.8 Å². The van der Waals surface area contributed by atoms with Crippen molar-refractivity contribution in [2.75, 3.05) is 31.1 Å². The minimum atomic E-state index is -4.62. The second kappa shape index (κ2) is 7.80. The molecule has 1 fully saturated rings. The van der Waals surface area contributed by atoms with Crippen LogP contribution >= 0.6 is 0 Å². The van der Waals surface area contributed by atoms with E-state index in [4.69, 9.17) is 0 Å². The van der Waals surface area contributed by atoms with Gasteiger partial charge in [-0.15, -0.1) is 0 Å². The predicted octanol–water partition coefficient (Wildman–Crippen LogP) is 3.53. The van der Waals surface area contributed by atoms with Crippen LogP contribution in [0.25, 0.3) is 11.0 Å². The molecule has 0 aliphatic carbocycles. The van der Waals surface area contributed by atoms with Gasteiger partial charge in [-0.1, -0.05) is 0 Å². The average Bonchev–Trinajstić information content (AvgIpc) is 3.00. The Bertz CT molecular complexity index is 1140. The zero-order valence-corrected chi connectivity index (χ0v) is 17.1. The molecular weight excluding hydrogens is 413 g/mol. The molecule has 0 unspecified atom stereocenters. The molecule has 0 radical (unpaired) electrons. The van der Waals surface area contributed by atoms with E-state index in [1.54, 1.807) is 9.58 Å². The molecule has 31 heavy (non-hydrogen) atoms. The summed E-state index contributed by atoms with van der Waals surface area (Å²) >= 11 is 0. The number of rotatable bonds is 4. The molecule has 1 aromatic carbocycles. The lowest BCUT2D eigenvalue weighted by molar-refractivity contribution is -0.384. The molecule has 0 spiro atoms. The number of hydrogen-bond acceptors (Lipinski definition) is 6. The summed E-state index contributed by atoms with van der Waals surface area (Å²) in [6.45, 7) is 4.82. The summed E-state index contributed by atoms with van der Waals surface area (Å²) in [4.78, 5) is 19.1. The van der Waals surface area contributed by atoms with E-state index in [1.807, 2.05) is 20.2 Å². The third-order valence-electron chi connectivity index (χ3n) is 5.54. The number of halogens is 3. The van der Waals surface area contributed by atoms with Crippen LogP contribution in [0, 0.1) is 17.0 Å². The van der Waals surface area contributed by atoms with E-state index in [1.165, 1.54) is 6.07 Å². The molecule has 0 saturated carbocycles. The van der Waals surface area contributed by atoms with Gasteiger partial charge in [0.05, 0.1) is 16.2 Å². The first-order valence-electron chi connectivity index (χ1n) is 9.74. The monoisotopic (exact) mass is 434 g/mol. The van der Waals surface area contributed by atoms with Crippen LogP contribution in [0.3, 0.4) is 0 Å². The minimum absolute atomic E-state index is 0.215. The zero-order chi connectivity index (χ0) is 22.3. The number of fused-ring (bicyclic) bond motifs is 1. The highest BCUT2D eigenvalue weighted by molar-refractivity contribution is 5.78. The van der Waals surface area contributed by atoms with Gasteiger partial charge in [-0.3, -0.25) is 19.7 Å². The first-order valence-corrected chi connectivity index (χ1v) is 9.74. The molecule has 8 nitrogen and oxygen atoms in total. The van der Waals surface area contributed by atoms with Gasteiger partial charge in [0.15, 0.2) is 5.65 Å². The molecule has 164 valence electrons. The highest BCUT2D eigenvalue weighted by Crippen LogP contribution is 2.36. The van der Waals surface area contributed by atoms with Crippen molar-refractivity contribution in [3.8, 4) is 0 Å². The van der Waals surface area contributed by atoms with Gasteiger partial charge in [0.2, 0.25) is 0 Å². The molecule has 11 heteroatoms. The topological polar surface area (TPSA) is 80.3 Å². The van der Waals surface area contributed by atoms with E-state index >= 15 is 0 Å².